The lowest BCUT2D eigenvalue weighted by molar-refractivity contribution is -0.133. The van der Waals surface area contributed by atoms with Gasteiger partial charge in [-0.1, -0.05) is 31.5 Å². The molecule has 1 N–H and O–H groups in total. The van der Waals surface area contributed by atoms with Crippen molar-refractivity contribution in [1.29, 1.82) is 0 Å². The number of carbonyl (C=O) groups excluding carboxylic acids is 2. The third kappa shape index (κ3) is 2.55. The molecule has 6 heteroatoms. The van der Waals surface area contributed by atoms with Crippen LogP contribution in [0.4, 0.5) is 0 Å². The first-order valence-electron chi connectivity index (χ1n) is 7.43. The molecule has 1 aliphatic heterocycles. The number of likely N-dealkylation sites (tertiary alicyclic amines) is 1. The molecule has 0 bridgehead atoms. The van der Waals surface area contributed by atoms with Gasteiger partial charge >= 0.3 is 0 Å². The average Bonchev–Trinajstić information content (AvgIpc) is 2.68. The van der Waals surface area contributed by atoms with Gasteiger partial charge in [-0.3, -0.25) is 14.6 Å². The zero-order chi connectivity index (χ0) is 16.8. The fourth-order valence-corrected chi connectivity index (χ4v) is 3.43. The van der Waals surface area contributed by atoms with Crippen LogP contribution in [-0.4, -0.2) is 28.7 Å². The molecule has 1 aromatic rings. The van der Waals surface area contributed by atoms with Crippen molar-refractivity contribution in [2.24, 2.45) is 11.3 Å². The molecule has 0 saturated carbocycles. The Kier molecular flexibility index (Phi) is 3.76. The number of carbonyl (C=O) groups is 2. The summed E-state index contributed by atoms with van der Waals surface area (Å²) in [7, 11) is 1.78. The van der Waals surface area contributed by atoms with Crippen molar-refractivity contribution >= 4 is 23.4 Å². The number of hydrogen-bond donors (Lipinski definition) is 1. The molecule has 1 aliphatic carbocycles. The molecule has 3 rings (SSSR count). The molecule has 0 spiro atoms. The van der Waals surface area contributed by atoms with E-state index in [0.717, 1.165) is 5.70 Å². The molecular weight excluding hydrogens is 314 g/mol. The maximum absolute atomic E-state index is 12.3. The Morgan fingerprint density at radius 2 is 2.22 bits per heavy atom. The zero-order valence-corrected chi connectivity index (χ0v) is 14.0. The molecular formula is C17H18ClN3O2. The van der Waals surface area contributed by atoms with Crippen LogP contribution in [-0.2, 0) is 4.79 Å². The van der Waals surface area contributed by atoms with Gasteiger partial charge in [-0.05, 0) is 18.6 Å². The summed E-state index contributed by atoms with van der Waals surface area (Å²) in [6.07, 6.45) is 7.50. The van der Waals surface area contributed by atoms with Gasteiger partial charge in [-0.15, -0.1) is 0 Å². The lowest BCUT2D eigenvalue weighted by atomic mass is 9.76. The number of amides is 2. The Morgan fingerprint density at radius 3 is 2.91 bits per heavy atom. The lowest BCUT2D eigenvalue weighted by Gasteiger charge is -2.25. The Hall–Kier alpha value is -2.14. The van der Waals surface area contributed by atoms with E-state index in [1.54, 1.807) is 18.0 Å². The number of allylic oxidation sites excluding steroid dienone is 3. The molecule has 120 valence electrons. The largest absolute Gasteiger partial charge is 0.322 e. The second kappa shape index (κ2) is 5.49. The highest BCUT2D eigenvalue weighted by molar-refractivity contribution is 6.33. The van der Waals surface area contributed by atoms with Gasteiger partial charge in [0, 0.05) is 36.8 Å². The van der Waals surface area contributed by atoms with Crippen LogP contribution in [0.25, 0.3) is 0 Å². The minimum atomic E-state index is -0.416. The number of nitrogens with zero attached hydrogens (tertiary/aromatic N) is 2. The van der Waals surface area contributed by atoms with E-state index in [0.29, 0.717) is 22.7 Å². The molecule has 2 aliphatic rings. The third-order valence-corrected chi connectivity index (χ3v) is 4.92. The van der Waals surface area contributed by atoms with Gasteiger partial charge < -0.3 is 10.2 Å². The fourth-order valence-electron chi connectivity index (χ4n) is 3.22. The van der Waals surface area contributed by atoms with E-state index < -0.39 is 5.41 Å². The predicted octanol–water partition coefficient (Wildman–Crippen LogP) is 2.75. The van der Waals surface area contributed by atoms with Crippen LogP contribution in [0.1, 0.15) is 30.6 Å². The van der Waals surface area contributed by atoms with E-state index in [1.807, 2.05) is 26.0 Å². The smallest absolute Gasteiger partial charge is 0.257 e. The highest BCUT2D eigenvalue weighted by atomic mass is 35.5. The Balaban J connectivity index is 1.82. The predicted molar refractivity (Wildman–Crippen MR) is 87.5 cm³/mol. The molecule has 1 atom stereocenters. The van der Waals surface area contributed by atoms with Crippen molar-refractivity contribution < 1.29 is 9.59 Å². The molecule has 2 heterocycles. The number of aromatic nitrogens is 1. The van der Waals surface area contributed by atoms with E-state index >= 15 is 0 Å². The molecule has 2 amide bonds. The summed E-state index contributed by atoms with van der Waals surface area (Å²) in [6, 6.07) is 1.57. The van der Waals surface area contributed by atoms with E-state index in [-0.39, 0.29) is 17.7 Å². The van der Waals surface area contributed by atoms with Gasteiger partial charge in [0.05, 0.1) is 16.0 Å². The molecule has 1 fully saturated rings. The number of nitrogens with one attached hydrogen (secondary N) is 1. The standard InChI is InChI=1S/C17H18ClN3O2/c1-17(2)12-5-4-10(8-14(12)21(3)16(17)23)20-15(22)11-6-7-19-9-13(11)18/h4,6-9,12H,5H2,1-3H3,(H,20,22). The maximum Gasteiger partial charge on any atom is 0.257 e. The van der Waals surface area contributed by atoms with E-state index in [2.05, 4.69) is 10.3 Å². The van der Waals surface area contributed by atoms with Crippen molar-refractivity contribution in [1.82, 2.24) is 15.2 Å². The summed E-state index contributed by atoms with van der Waals surface area (Å²) in [5, 5.41) is 3.15. The molecule has 0 aromatic carbocycles. The Labute approximate surface area is 140 Å². The van der Waals surface area contributed by atoms with Crippen LogP contribution >= 0.6 is 11.6 Å². The minimum Gasteiger partial charge on any atom is -0.322 e. The summed E-state index contributed by atoms with van der Waals surface area (Å²) in [6.45, 7) is 3.93. The van der Waals surface area contributed by atoms with Crippen LogP contribution < -0.4 is 5.32 Å². The number of halogens is 1. The SMILES string of the molecule is CN1C(=O)C(C)(C)C2CC=C(NC(=O)c3ccncc3Cl)C=C21. The van der Waals surface area contributed by atoms with Gasteiger partial charge in [0.1, 0.15) is 0 Å². The number of rotatable bonds is 2. The fraction of sp³-hybridized carbons (Fsp3) is 0.353. The highest BCUT2D eigenvalue weighted by Gasteiger charge is 2.49. The van der Waals surface area contributed by atoms with Crippen LogP contribution in [0.15, 0.2) is 42.0 Å². The lowest BCUT2D eigenvalue weighted by Crippen LogP contribution is -2.29. The number of pyridine rings is 1. The van der Waals surface area contributed by atoms with Gasteiger partial charge in [0.25, 0.3) is 5.91 Å². The molecule has 0 radical (unpaired) electrons. The van der Waals surface area contributed by atoms with E-state index in [4.69, 9.17) is 11.6 Å². The third-order valence-electron chi connectivity index (χ3n) is 4.62. The monoisotopic (exact) mass is 331 g/mol. The van der Waals surface area contributed by atoms with Crippen LogP contribution in [0.3, 0.4) is 0 Å². The van der Waals surface area contributed by atoms with Crippen LogP contribution in [0.5, 0.6) is 0 Å². The van der Waals surface area contributed by atoms with E-state index in [9.17, 15) is 9.59 Å². The first-order chi connectivity index (χ1) is 10.8. The summed E-state index contributed by atoms with van der Waals surface area (Å²) in [5.41, 5.74) is 1.59. The maximum atomic E-state index is 12.3. The summed E-state index contributed by atoms with van der Waals surface area (Å²) in [4.78, 5) is 30.2. The van der Waals surface area contributed by atoms with Crippen molar-refractivity contribution in [3.63, 3.8) is 0 Å². The molecule has 5 nitrogen and oxygen atoms in total. The summed E-state index contributed by atoms with van der Waals surface area (Å²) in [5.74, 6) is -0.0396. The second-order valence-corrected chi connectivity index (χ2v) is 6.82. The number of hydrogen-bond acceptors (Lipinski definition) is 3. The van der Waals surface area contributed by atoms with Crippen molar-refractivity contribution in [3.8, 4) is 0 Å². The van der Waals surface area contributed by atoms with Crippen molar-refractivity contribution in [3.05, 3.63) is 52.6 Å². The topological polar surface area (TPSA) is 62.3 Å². The van der Waals surface area contributed by atoms with Crippen LogP contribution in [0, 0.1) is 11.3 Å². The molecule has 23 heavy (non-hydrogen) atoms. The first kappa shape index (κ1) is 15.7. The van der Waals surface area contributed by atoms with Gasteiger partial charge in [0.2, 0.25) is 5.91 Å². The normalized spacial score (nSPS) is 22.3. The Morgan fingerprint density at radius 1 is 1.48 bits per heavy atom. The van der Waals surface area contributed by atoms with Gasteiger partial charge in [0.15, 0.2) is 0 Å². The van der Waals surface area contributed by atoms with Crippen molar-refractivity contribution in [2.45, 2.75) is 20.3 Å². The first-order valence-corrected chi connectivity index (χ1v) is 7.81. The Bertz CT molecular complexity index is 752. The quantitative estimate of drug-likeness (QED) is 0.906. The van der Waals surface area contributed by atoms with Gasteiger partial charge in [-0.25, -0.2) is 0 Å². The minimum absolute atomic E-state index is 0.104. The summed E-state index contributed by atoms with van der Waals surface area (Å²) >= 11 is 5.99. The average molecular weight is 332 g/mol. The second-order valence-electron chi connectivity index (χ2n) is 6.41. The van der Waals surface area contributed by atoms with E-state index in [1.165, 1.54) is 12.4 Å². The van der Waals surface area contributed by atoms with Gasteiger partial charge in [-0.2, -0.15) is 0 Å². The zero-order valence-electron chi connectivity index (χ0n) is 13.3. The molecule has 1 aromatic heterocycles. The highest BCUT2D eigenvalue weighted by Crippen LogP contribution is 2.46. The molecule has 1 unspecified atom stereocenters. The van der Waals surface area contributed by atoms with Crippen LogP contribution in [0.2, 0.25) is 5.02 Å². The number of fused-ring (bicyclic) bond motifs is 1. The summed E-state index contributed by atoms with van der Waals surface area (Å²) < 4.78 is 0. The van der Waals surface area contributed by atoms with Crippen molar-refractivity contribution in [2.75, 3.05) is 7.05 Å². The molecule has 1 saturated heterocycles.